The van der Waals surface area contributed by atoms with Crippen LogP contribution in [0.1, 0.15) is 42.9 Å². The van der Waals surface area contributed by atoms with Gasteiger partial charge in [-0.15, -0.1) is 5.10 Å². The second kappa shape index (κ2) is 8.77. The number of carbonyl (C=O) groups is 2. The smallest absolute Gasteiger partial charge is 0.248 e. The van der Waals surface area contributed by atoms with Crippen molar-refractivity contribution in [3.8, 4) is 0 Å². The monoisotopic (exact) mass is 370 g/mol. The average molecular weight is 370 g/mol. The molecular weight excluding hydrogens is 344 g/mol. The zero-order valence-electron chi connectivity index (χ0n) is 15.6. The molecule has 0 saturated carbocycles. The predicted molar refractivity (Wildman–Crippen MR) is 102 cm³/mol. The third-order valence-electron chi connectivity index (χ3n) is 4.75. The molecule has 1 fully saturated rings. The highest BCUT2D eigenvalue weighted by Gasteiger charge is 2.19. The van der Waals surface area contributed by atoms with Crippen LogP contribution in [-0.2, 0) is 16.1 Å². The van der Waals surface area contributed by atoms with Gasteiger partial charge in [-0.05, 0) is 25.3 Å². The van der Waals surface area contributed by atoms with Gasteiger partial charge in [0.15, 0.2) is 0 Å². The molecule has 1 aromatic heterocycles. The van der Waals surface area contributed by atoms with Crippen molar-refractivity contribution >= 4 is 17.8 Å². The molecule has 2 amide bonds. The molecule has 3 rings (SSSR count). The van der Waals surface area contributed by atoms with Crippen LogP contribution in [0.25, 0.3) is 0 Å². The number of benzene rings is 1. The van der Waals surface area contributed by atoms with E-state index >= 15 is 0 Å². The number of aryl methyl sites for hydroxylation is 1. The molecule has 144 valence electrons. The molecule has 1 aliphatic rings. The van der Waals surface area contributed by atoms with Crippen LogP contribution in [0.3, 0.4) is 0 Å². The Morgan fingerprint density at radius 1 is 1.15 bits per heavy atom. The van der Waals surface area contributed by atoms with Gasteiger partial charge >= 0.3 is 0 Å². The van der Waals surface area contributed by atoms with Gasteiger partial charge < -0.3 is 10.6 Å². The molecule has 1 aliphatic heterocycles. The van der Waals surface area contributed by atoms with E-state index < -0.39 is 11.9 Å². The van der Waals surface area contributed by atoms with E-state index in [-0.39, 0.29) is 18.4 Å². The molecule has 2 aromatic rings. The van der Waals surface area contributed by atoms with Crippen molar-refractivity contribution in [2.45, 2.75) is 45.2 Å². The number of anilines is 1. The molecule has 27 heavy (non-hydrogen) atoms. The summed E-state index contributed by atoms with van der Waals surface area (Å²) in [6.07, 6.45) is 5.88. The number of amides is 2. The Bertz CT molecular complexity index is 778. The number of nitrogens with two attached hydrogens (primary N) is 1. The molecule has 1 saturated heterocycles. The van der Waals surface area contributed by atoms with Crippen LogP contribution in [-0.4, -0.2) is 44.6 Å². The standard InChI is InChI=1S/C19H26N6O2/c1-14-6-8-15(9-7-14)17(20)18(27)22-19-21-13-25(23-19)12-16(26)24-10-4-2-3-5-11-24/h6-9,13,17H,2-5,10-12,20H2,1H3,(H,22,23,27). The van der Waals surface area contributed by atoms with Crippen molar-refractivity contribution in [3.05, 3.63) is 41.7 Å². The highest BCUT2D eigenvalue weighted by atomic mass is 16.2. The number of rotatable bonds is 5. The van der Waals surface area contributed by atoms with Gasteiger partial charge in [-0.3, -0.25) is 14.9 Å². The molecule has 8 heteroatoms. The number of carbonyl (C=O) groups excluding carboxylic acids is 2. The maximum absolute atomic E-state index is 12.4. The minimum atomic E-state index is -0.809. The molecule has 2 heterocycles. The summed E-state index contributed by atoms with van der Waals surface area (Å²) in [6, 6.07) is 6.65. The van der Waals surface area contributed by atoms with Crippen LogP contribution >= 0.6 is 0 Å². The average Bonchev–Trinajstić information content (AvgIpc) is 2.92. The molecule has 0 radical (unpaired) electrons. The third kappa shape index (κ3) is 5.13. The summed E-state index contributed by atoms with van der Waals surface area (Å²) in [4.78, 5) is 30.6. The van der Waals surface area contributed by atoms with Crippen LogP contribution in [0, 0.1) is 6.92 Å². The van der Waals surface area contributed by atoms with E-state index in [1.165, 1.54) is 23.9 Å². The van der Waals surface area contributed by atoms with E-state index in [2.05, 4.69) is 15.4 Å². The fourth-order valence-electron chi connectivity index (χ4n) is 3.10. The first-order valence-corrected chi connectivity index (χ1v) is 9.33. The van der Waals surface area contributed by atoms with Gasteiger partial charge in [0, 0.05) is 13.1 Å². The van der Waals surface area contributed by atoms with Crippen molar-refractivity contribution in [2.75, 3.05) is 18.4 Å². The van der Waals surface area contributed by atoms with E-state index in [4.69, 9.17) is 5.73 Å². The first-order valence-electron chi connectivity index (χ1n) is 9.33. The lowest BCUT2D eigenvalue weighted by Crippen LogP contribution is -2.34. The summed E-state index contributed by atoms with van der Waals surface area (Å²) >= 11 is 0. The summed E-state index contributed by atoms with van der Waals surface area (Å²) in [5, 5.41) is 6.78. The van der Waals surface area contributed by atoms with Gasteiger partial charge in [-0.1, -0.05) is 42.7 Å². The summed E-state index contributed by atoms with van der Waals surface area (Å²) in [6.45, 7) is 3.68. The fourth-order valence-corrected chi connectivity index (χ4v) is 3.10. The summed E-state index contributed by atoms with van der Waals surface area (Å²) in [5.74, 6) is -0.224. The molecule has 0 aliphatic carbocycles. The molecule has 8 nitrogen and oxygen atoms in total. The molecule has 1 unspecified atom stereocenters. The van der Waals surface area contributed by atoms with Crippen LogP contribution in [0.15, 0.2) is 30.6 Å². The Morgan fingerprint density at radius 3 is 2.48 bits per heavy atom. The molecule has 3 N–H and O–H groups in total. The Balaban J connectivity index is 1.56. The first kappa shape index (κ1) is 19.0. The van der Waals surface area contributed by atoms with Crippen LogP contribution < -0.4 is 11.1 Å². The third-order valence-corrected chi connectivity index (χ3v) is 4.75. The normalized spacial score (nSPS) is 15.9. The van der Waals surface area contributed by atoms with Crippen LogP contribution in [0.2, 0.25) is 0 Å². The zero-order chi connectivity index (χ0) is 19.2. The molecular formula is C19H26N6O2. The second-order valence-corrected chi connectivity index (χ2v) is 6.94. The van der Waals surface area contributed by atoms with Gasteiger partial charge in [-0.25, -0.2) is 9.67 Å². The maximum Gasteiger partial charge on any atom is 0.248 e. The number of nitrogens with zero attached hydrogens (tertiary/aromatic N) is 4. The first-order chi connectivity index (χ1) is 13.0. The summed E-state index contributed by atoms with van der Waals surface area (Å²) < 4.78 is 1.44. The Kier molecular flexibility index (Phi) is 6.18. The van der Waals surface area contributed by atoms with E-state index in [1.54, 1.807) is 0 Å². The van der Waals surface area contributed by atoms with Crippen molar-refractivity contribution in [1.82, 2.24) is 19.7 Å². The van der Waals surface area contributed by atoms with Crippen molar-refractivity contribution in [3.63, 3.8) is 0 Å². The number of likely N-dealkylation sites (tertiary alicyclic amines) is 1. The van der Waals surface area contributed by atoms with E-state index in [0.717, 1.165) is 31.5 Å². The number of aromatic nitrogens is 3. The lowest BCUT2D eigenvalue weighted by molar-refractivity contribution is -0.132. The molecule has 0 spiro atoms. The summed E-state index contributed by atoms with van der Waals surface area (Å²) in [7, 11) is 0. The topological polar surface area (TPSA) is 106 Å². The second-order valence-electron chi connectivity index (χ2n) is 6.94. The van der Waals surface area contributed by atoms with Gasteiger partial charge in [-0.2, -0.15) is 0 Å². The highest BCUT2D eigenvalue weighted by molar-refractivity contribution is 5.93. The lowest BCUT2D eigenvalue weighted by Gasteiger charge is -2.19. The minimum absolute atomic E-state index is 0.0241. The molecule has 1 atom stereocenters. The van der Waals surface area contributed by atoms with Gasteiger partial charge in [0.25, 0.3) is 0 Å². The number of hydrogen-bond donors (Lipinski definition) is 2. The predicted octanol–water partition coefficient (Wildman–Crippen LogP) is 1.63. The summed E-state index contributed by atoms with van der Waals surface area (Å²) in [5.41, 5.74) is 7.82. The van der Waals surface area contributed by atoms with Crippen LogP contribution in [0.4, 0.5) is 5.95 Å². The minimum Gasteiger partial charge on any atom is -0.341 e. The van der Waals surface area contributed by atoms with E-state index in [0.29, 0.717) is 5.56 Å². The van der Waals surface area contributed by atoms with Crippen molar-refractivity contribution in [1.29, 1.82) is 0 Å². The number of hydrogen-bond acceptors (Lipinski definition) is 5. The Labute approximate surface area is 158 Å². The maximum atomic E-state index is 12.4. The van der Waals surface area contributed by atoms with Crippen molar-refractivity contribution in [2.24, 2.45) is 5.73 Å². The van der Waals surface area contributed by atoms with Gasteiger partial charge in [0.1, 0.15) is 18.9 Å². The van der Waals surface area contributed by atoms with E-state index in [9.17, 15) is 9.59 Å². The van der Waals surface area contributed by atoms with Crippen molar-refractivity contribution < 1.29 is 9.59 Å². The molecule has 0 bridgehead atoms. The lowest BCUT2D eigenvalue weighted by atomic mass is 10.1. The molecule has 1 aromatic carbocycles. The Hall–Kier alpha value is -2.74. The fraction of sp³-hybridized carbons (Fsp3) is 0.474. The quantitative estimate of drug-likeness (QED) is 0.832. The SMILES string of the molecule is Cc1ccc(C(N)C(=O)Nc2ncn(CC(=O)N3CCCCCC3)n2)cc1. The zero-order valence-corrected chi connectivity index (χ0v) is 15.6. The van der Waals surface area contributed by atoms with Gasteiger partial charge in [0.2, 0.25) is 17.8 Å². The van der Waals surface area contributed by atoms with Crippen LogP contribution in [0.5, 0.6) is 0 Å². The number of nitrogens with one attached hydrogen (secondary N) is 1. The Morgan fingerprint density at radius 2 is 1.81 bits per heavy atom. The highest BCUT2D eigenvalue weighted by Crippen LogP contribution is 2.13. The van der Waals surface area contributed by atoms with Gasteiger partial charge in [0.05, 0.1) is 0 Å². The van der Waals surface area contributed by atoms with E-state index in [1.807, 2.05) is 36.1 Å². The largest absolute Gasteiger partial charge is 0.341 e.